The molecule has 2 aromatic carbocycles. The van der Waals surface area contributed by atoms with Crippen LogP contribution in [0.25, 0.3) is 0 Å². The maximum atomic E-state index is 13.4. The molecule has 0 radical (unpaired) electrons. The van der Waals surface area contributed by atoms with Gasteiger partial charge in [-0.05, 0) is 39.7 Å². The Bertz CT molecular complexity index is 656. The summed E-state index contributed by atoms with van der Waals surface area (Å²) < 4.78 is 51.4. The Labute approximate surface area is 127 Å². The van der Waals surface area contributed by atoms with Crippen LogP contribution in [-0.4, -0.2) is 0 Å². The molecule has 0 aliphatic heterocycles. The Kier molecular flexibility index (Phi) is 4.41. The van der Waals surface area contributed by atoms with Crippen molar-refractivity contribution in [2.75, 3.05) is 11.1 Å². The zero-order chi connectivity index (χ0) is 15.6. The minimum atomic E-state index is -4.39. The lowest BCUT2D eigenvalue weighted by Crippen LogP contribution is -2.07. The number of hydrogen-bond donors (Lipinski definition) is 2. The van der Waals surface area contributed by atoms with Gasteiger partial charge in [0.05, 0.1) is 21.4 Å². The quantitative estimate of drug-likeness (QED) is 0.607. The summed E-state index contributed by atoms with van der Waals surface area (Å²) in [6.45, 7) is 0.106. The van der Waals surface area contributed by atoms with Gasteiger partial charge in [-0.15, -0.1) is 0 Å². The first-order valence-electron chi connectivity index (χ1n) is 5.92. The van der Waals surface area contributed by atoms with Crippen LogP contribution in [0.5, 0.6) is 0 Å². The van der Waals surface area contributed by atoms with Gasteiger partial charge in [-0.3, -0.25) is 0 Å². The van der Waals surface area contributed by atoms with Crippen molar-refractivity contribution in [2.24, 2.45) is 0 Å². The molecule has 0 saturated heterocycles. The number of nitrogens with one attached hydrogen (secondary N) is 1. The van der Waals surface area contributed by atoms with Crippen LogP contribution in [0.1, 0.15) is 11.1 Å². The summed E-state index contributed by atoms with van der Waals surface area (Å²) in [5.41, 5.74) is 6.04. The molecule has 21 heavy (non-hydrogen) atoms. The standard InChI is InChI=1S/C14H11BrF4N2/c15-10-5-12(20)13(6-11(10)16)21-7-8-2-1-3-9(4-8)14(17,18)19/h1-6,21H,7,20H2. The van der Waals surface area contributed by atoms with E-state index in [9.17, 15) is 17.6 Å². The summed E-state index contributed by atoms with van der Waals surface area (Å²) in [5, 5.41) is 2.82. The highest BCUT2D eigenvalue weighted by molar-refractivity contribution is 9.10. The van der Waals surface area contributed by atoms with Crippen molar-refractivity contribution < 1.29 is 17.6 Å². The summed E-state index contributed by atoms with van der Waals surface area (Å²) in [6, 6.07) is 7.49. The molecule has 0 saturated carbocycles. The fourth-order valence-corrected chi connectivity index (χ4v) is 2.13. The minimum Gasteiger partial charge on any atom is -0.397 e. The summed E-state index contributed by atoms with van der Waals surface area (Å²) in [5.74, 6) is -0.504. The zero-order valence-electron chi connectivity index (χ0n) is 10.6. The third-order valence-corrected chi connectivity index (χ3v) is 3.44. The molecule has 0 spiro atoms. The van der Waals surface area contributed by atoms with E-state index < -0.39 is 17.6 Å². The molecule has 2 nitrogen and oxygen atoms in total. The molecule has 2 rings (SSSR count). The number of hydrogen-bond acceptors (Lipinski definition) is 2. The number of halogens is 5. The number of benzene rings is 2. The molecule has 2 aromatic rings. The number of rotatable bonds is 3. The molecule has 0 atom stereocenters. The summed E-state index contributed by atoms with van der Waals surface area (Å²) in [7, 11) is 0. The van der Waals surface area contributed by atoms with Crippen molar-refractivity contribution in [1.29, 1.82) is 0 Å². The SMILES string of the molecule is Nc1cc(Br)c(F)cc1NCc1cccc(C(F)(F)F)c1. The molecule has 0 aliphatic rings. The molecule has 0 unspecified atom stereocenters. The van der Waals surface area contributed by atoms with E-state index in [1.807, 2.05) is 0 Å². The van der Waals surface area contributed by atoms with Gasteiger partial charge in [0.15, 0.2) is 0 Å². The van der Waals surface area contributed by atoms with Gasteiger partial charge in [0.2, 0.25) is 0 Å². The van der Waals surface area contributed by atoms with E-state index in [1.54, 1.807) is 6.07 Å². The van der Waals surface area contributed by atoms with Gasteiger partial charge in [0.1, 0.15) is 5.82 Å². The van der Waals surface area contributed by atoms with Crippen molar-refractivity contribution >= 4 is 27.3 Å². The lowest BCUT2D eigenvalue weighted by atomic mass is 10.1. The summed E-state index contributed by atoms with van der Waals surface area (Å²) in [6.07, 6.45) is -4.39. The molecule has 0 fully saturated rings. The monoisotopic (exact) mass is 362 g/mol. The van der Waals surface area contributed by atoms with E-state index in [2.05, 4.69) is 21.2 Å². The zero-order valence-corrected chi connectivity index (χ0v) is 12.2. The van der Waals surface area contributed by atoms with E-state index in [0.29, 0.717) is 16.9 Å². The molecule has 3 N–H and O–H groups in total. The Morgan fingerprint density at radius 3 is 2.52 bits per heavy atom. The molecule has 0 amide bonds. The molecule has 0 heterocycles. The highest BCUT2D eigenvalue weighted by Gasteiger charge is 2.30. The summed E-state index contributed by atoms with van der Waals surface area (Å²) in [4.78, 5) is 0. The Hall–Kier alpha value is -1.76. The van der Waals surface area contributed by atoms with Gasteiger partial charge in [-0.2, -0.15) is 13.2 Å². The van der Waals surface area contributed by atoms with Crippen LogP contribution >= 0.6 is 15.9 Å². The van der Waals surface area contributed by atoms with Gasteiger partial charge in [0.25, 0.3) is 0 Å². The molecule has 0 aliphatic carbocycles. The van der Waals surface area contributed by atoms with Gasteiger partial charge in [-0.1, -0.05) is 12.1 Å². The van der Waals surface area contributed by atoms with Crippen molar-refractivity contribution in [1.82, 2.24) is 0 Å². The lowest BCUT2D eigenvalue weighted by molar-refractivity contribution is -0.137. The van der Waals surface area contributed by atoms with Gasteiger partial charge in [-0.25, -0.2) is 4.39 Å². The van der Waals surface area contributed by atoms with Crippen LogP contribution in [0.15, 0.2) is 40.9 Å². The van der Waals surface area contributed by atoms with Gasteiger partial charge >= 0.3 is 6.18 Å². The van der Waals surface area contributed by atoms with Crippen LogP contribution in [-0.2, 0) is 12.7 Å². The minimum absolute atomic E-state index is 0.106. The largest absolute Gasteiger partial charge is 0.416 e. The first-order valence-corrected chi connectivity index (χ1v) is 6.71. The Morgan fingerprint density at radius 2 is 1.86 bits per heavy atom. The normalized spacial score (nSPS) is 11.5. The second kappa shape index (κ2) is 5.93. The predicted octanol–water partition coefficient (Wildman–Crippen LogP) is 4.80. The fraction of sp³-hybridized carbons (Fsp3) is 0.143. The first-order chi connectivity index (χ1) is 9.77. The lowest BCUT2D eigenvalue weighted by Gasteiger charge is -2.12. The molecule has 112 valence electrons. The molecular weight excluding hydrogens is 352 g/mol. The Morgan fingerprint density at radius 1 is 1.14 bits per heavy atom. The number of nitrogens with two attached hydrogens (primary N) is 1. The number of alkyl halides is 3. The van der Waals surface area contributed by atoms with Crippen LogP contribution in [0, 0.1) is 5.82 Å². The molecular formula is C14H11BrF4N2. The van der Waals surface area contributed by atoms with E-state index in [-0.39, 0.29) is 11.0 Å². The first kappa shape index (κ1) is 15.6. The maximum absolute atomic E-state index is 13.4. The molecule has 0 bridgehead atoms. The van der Waals surface area contributed by atoms with Crippen LogP contribution in [0.2, 0.25) is 0 Å². The highest BCUT2D eigenvalue weighted by Crippen LogP contribution is 2.30. The third-order valence-electron chi connectivity index (χ3n) is 2.83. The fourth-order valence-electron chi connectivity index (χ4n) is 1.77. The van der Waals surface area contributed by atoms with E-state index in [4.69, 9.17) is 5.73 Å². The van der Waals surface area contributed by atoms with E-state index in [1.165, 1.54) is 18.2 Å². The smallest absolute Gasteiger partial charge is 0.397 e. The second-order valence-corrected chi connectivity index (χ2v) is 5.26. The summed E-state index contributed by atoms with van der Waals surface area (Å²) >= 11 is 3.00. The predicted molar refractivity (Wildman–Crippen MR) is 77.3 cm³/mol. The second-order valence-electron chi connectivity index (χ2n) is 4.41. The van der Waals surface area contributed by atoms with Crippen molar-refractivity contribution in [3.63, 3.8) is 0 Å². The van der Waals surface area contributed by atoms with Crippen LogP contribution in [0.3, 0.4) is 0 Å². The van der Waals surface area contributed by atoms with Crippen molar-refractivity contribution in [3.8, 4) is 0 Å². The highest BCUT2D eigenvalue weighted by atomic mass is 79.9. The van der Waals surface area contributed by atoms with Crippen molar-refractivity contribution in [2.45, 2.75) is 12.7 Å². The van der Waals surface area contributed by atoms with E-state index >= 15 is 0 Å². The third kappa shape index (κ3) is 3.87. The number of nitrogen functional groups attached to an aromatic ring is 1. The average molecular weight is 363 g/mol. The Balaban J connectivity index is 2.15. The molecule has 7 heteroatoms. The van der Waals surface area contributed by atoms with Crippen LogP contribution in [0.4, 0.5) is 28.9 Å². The topological polar surface area (TPSA) is 38.0 Å². The van der Waals surface area contributed by atoms with Gasteiger partial charge in [0, 0.05) is 12.6 Å². The average Bonchev–Trinajstić information content (AvgIpc) is 2.41. The maximum Gasteiger partial charge on any atom is 0.416 e. The van der Waals surface area contributed by atoms with E-state index in [0.717, 1.165) is 12.1 Å². The number of anilines is 2. The van der Waals surface area contributed by atoms with Crippen molar-refractivity contribution in [3.05, 3.63) is 57.8 Å². The van der Waals surface area contributed by atoms with Gasteiger partial charge < -0.3 is 11.1 Å². The molecule has 0 aromatic heterocycles. The van der Waals surface area contributed by atoms with Crippen LogP contribution < -0.4 is 11.1 Å².